The van der Waals surface area contributed by atoms with Gasteiger partial charge in [-0.05, 0) is 74.4 Å². The van der Waals surface area contributed by atoms with Crippen molar-refractivity contribution in [2.75, 3.05) is 41.3 Å². The van der Waals surface area contributed by atoms with Crippen molar-refractivity contribution in [3.8, 4) is 0 Å². The first-order chi connectivity index (χ1) is 13.7. The van der Waals surface area contributed by atoms with Crippen LogP contribution in [0.4, 0.5) is 17.1 Å². The number of anilines is 3. The number of aromatic nitrogens is 1. The van der Waals surface area contributed by atoms with Crippen LogP contribution in [0.3, 0.4) is 0 Å². The minimum absolute atomic E-state index is 0.162. The summed E-state index contributed by atoms with van der Waals surface area (Å²) in [5.74, 6) is 0.661. The molecule has 1 aromatic heterocycles. The fourth-order valence-electron chi connectivity index (χ4n) is 4.08. The van der Waals surface area contributed by atoms with Gasteiger partial charge >= 0.3 is 0 Å². The van der Waals surface area contributed by atoms with Gasteiger partial charge in [-0.3, -0.25) is 4.79 Å². The minimum Gasteiger partial charge on any atom is -0.372 e. The Bertz CT molecular complexity index is 773. The Hall–Kier alpha value is -2.56. The number of carbonyl (C=O) groups is 1. The molecule has 0 radical (unpaired) electrons. The molecule has 148 valence electrons. The second-order valence-corrected chi connectivity index (χ2v) is 8.12. The molecule has 5 heteroatoms. The van der Waals surface area contributed by atoms with Crippen LogP contribution in [0, 0.1) is 5.92 Å². The molecule has 2 saturated heterocycles. The largest absolute Gasteiger partial charge is 0.372 e. The van der Waals surface area contributed by atoms with Crippen molar-refractivity contribution in [2.24, 2.45) is 5.92 Å². The summed E-state index contributed by atoms with van der Waals surface area (Å²) in [5, 5.41) is 2.96. The van der Waals surface area contributed by atoms with E-state index in [-0.39, 0.29) is 5.91 Å². The third kappa shape index (κ3) is 4.46. The Balaban J connectivity index is 1.35. The Morgan fingerprint density at radius 3 is 2.18 bits per heavy atom. The van der Waals surface area contributed by atoms with Gasteiger partial charge in [0.25, 0.3) is 5.91 Å². The first kappa shape index (κ1) is 18.8. The van der Waals surface area contributed by atoms with Crippen molar-refractivity contribution in [1.82, 2.24) is 4.98 Å². The van der Waals surface area contributed by atoms with E-state index < -0.39 is 0 Å². The standard InChI is InChI=1S/C23H30N4O/c1-18-11-15-27(16-12-18)20-7-5-19(6-8-20)25-23(28)22-10-9-21(17-24-22)26-13-3-2-4-14-26/h5-10,17-18H,2-4,11-16H2,1H3,(H,25,28). The Morgan fingerprint density at radius 1 is 0.893 bits per heavy atom. The third-order valence-corrected chi connectivity index (χ3v) is 5.98. The second-order valence-electron chi connectivity index (χ2n) is 8.12. The Morgan fingerprint density at radius 2 is 1.54 bits per heavy atom. The van der Waals surface area contributed by atoms with Crippen LogP contribution in [-0.4, -0.2) is 37.1 Å². The molecule has 4 rings (SSSR count). The fraction of sp³-hybridized carbons (Fsp3) is 0.478. The number of hydrogen-bond donors (Lipinski definition) is 1. The van der Waals surface area contributed by atoms with E-state index in [1.807, 2.05) is 30.5 Å². The molecule has 0 saturated carbocycles. The lowest BCUT2D eigenvalue weighted by Crippen LogP contribution is -2.32. The van der Waals surface area contributed by atoms with E-state index >= 15 is 0 Å². The molecule has 0 spiro atoms. The number of nitrogens with zero attached hydrogens (tertiary/aromatic N) is 3. The zero-order valence-electron chi connectivity index (χ0n) is 16.7. The number of hydrogen-bond acceptors (Lipinski definition) is 4. The maximum Gasteiger partial charge on any atom is 0.274 e. The van der Waals surface area contributed by atoms with Crippen molar-refractivity contribution in [2.45, 2.75) is 39.0 Å². The highest BCUT2D eigenvalue weighted by Gasteiger charge is 2.16. The molecule has 0 bridgehead atoms. The summed E-state index contributed by atoms with van der Waals surface area (Å²) in [6.07, 6.45) is 8.08. The molecule has 2 aromatic rings. The number of carbonyl (C=O) groups excluding carboxylic acids is 1. The van der Waals surface area contributed by atoms with Gasteiger partial charge < -0.3 is 15.1 Å². The van der Waals surface area contributed by atoms with Gasteiger partial charge in [0.1, 0.15) is 5.69 Å². The number of pyridine rings is 1. The molecule has 1 aromatic carbocycles. The average molecular weight is 379 g/mol. The highest BCUT2D eigenvalue weighted by atomic mass is 16.1. The van der Waals surface area contributed by atoms with E-state index in [4.69, 9.17) is 0 Å². The van der Waals surface area contributed by atoms with E-state index in [1.54, 1.807) is 0 Å². The number of benzene rings is 1. The quantitative estimate of drug-likeness (QED) is 0.847. The van der Waals surface area contributed by atoms with Crippen LogP contribution in [-0.2, 0) is 0 Å². The molecule has 0 atom stereocenters. The lowest BCUT2D eigenvalue weighted by Gasteiger charge is -2.32. The summed E-state index contributed by atoms with van der Waals surface area (Å²) in [6, 6.07) is 12.0. The van der Waals surface area contributed by atoms with E-state index in [0.717, 1.165) is 43.5 Å². The van der Waals surface area contributed by atoms with Crippen molar-refractivity contribution in [1.29, 1.82) is 0 Å². The van der Waals surface area contributed by atoms with Crippen molar-refractivity contribution in [3.05, 3.63) is 48.3 Å². The van der Waals surface area contributed by atoms with Gasteiger partial charge in [-0.25, -0.2) is 4.98 Å². The molecule has 0 unspecified atom stereocenters. The van der Waals surface area contributed by atoms with Gasteiger partial charge in [-0.2, -0.15) is 0 Å². The van der Waals surface area contributed by atoms with Crippen molar-refractivity contribution in [3.63, 3.8) is 0 Å². The molecule has 28 heavy (non-hydrogen) atoms. The molecular formula is C23H30N4O. The normalized spacial score (nSPS) is 18.2. The first-order valence-electron chi connectivity index (χ1n) is 10.6. The van der Waals surface area contributed by atoms with Gasteiger partial charge in [0.2, 0.25) is 0 Å². The zero-order valence-corrected chi connectivity index (χ0v) is 16.7. The molecule has 1 amide bonds. The average Bonchev–Trinajstić information content (AvgIpc) is 2.76. The first-order valence-corrected chi connectivity index (χ1v) is 10.6. The van der Waals surface area contributed by atoms with Crippen LogP contribution in [0.15, 0.2) is 42.6 Å². The number of amides is 1. The lowest BCUT2D eigenvalue weighted by atomic mass is 9.99. The Kier molecular flexibility index (Phi) is 5.79. The van der Waals surface area contributed by atoms with Crippen LogP contribution in [0.1, 0.15) is 49.5 Å². The highest BCUT2D eigenvalue weighted by molar-refractivity contribution is 6.03. The fourth-order valence-corrected chi connectivity index (χ4v) is 4.08. The summed E-state index contributed by atoms with van der Waals surface area (Å²) in [5.41, 5.74) is 3.60. The van der Waals surface area contributed by atoms with E-state index in [1.165, 1.54) is 37.8 Å². The van der Waals surface area contributed by atoms with E-state index in [9.17, 15) is 4.79 Å². The second kappa shape index (κ2) is 8.63. The molecule has 2 fully saturated rings. The van der Waals surface area contributed by atoms with Crippen LogP contribution in [0.5, 0.6) is 0 Å². The number of piperidine rings is 2. The van der Waals surface area contributed by atoms with E-state index in [0.29, 0.717) is 5.69 Å². The monoisotopic (exact) mass is 378 g/mol. The minimum atomic E-state index is -0.162. The molecule has 0 aliphatic carbocycles. The molecule has 2 aliphatic rings. The summed E-state index contributed by atoms with van der Waals surface area (Å²) < 4.78 is 0. The Labute approximate surface area is 167 Å². The van der Waals surface area contributed by atoms with Crippen molar-refractivity contribution >= 4 is 23.0 Å². The topological polar surface area (TPSA) is 48.5 Å². The molecule has 3 heterocycles. The number of nitrogens with one attached hydrogen (secondary N) is 1. The van der Waals surface area contributed by atoms with Crippen LogP contribution in [0.25, 0.3) is 0 Å². The lowest BCUT2D eigenvalue weighted by molar-refractivity contribution is 0.102. The summed E-state index contributed by atoms with van der Waals surface area (Å²) in [7, 11) is 0. The van der Waals surface area contributed by atoms with Gasteiger partial charge in [-0.1, -0.05) is 6.92 Å². The van der Waals surface area contributed by atoms with Gasteiger partial charge in [0, 0.05) is 37.6 Å². The van der Waals surface area contributed by atoms with Crippen molar-refractivity contribution < 1.29 is 4.79 Å². The number of rotatable bonds is 4. The molecule has 2 aliphatic heterocycles. The predicted octanol–water partition coefficient (Wildman–Crippen LogP) is 4.56. The van der Waals surface area contributed by atoms with Crippen LogP contribution >= 0.6 is 0 Å². The van der Waals surface area contributed by atoms with Gasteiger partial charge in [-0.15, -0.1) is 0 Å². The predicted molar refractivity (Wildman–Crippen MR) is 115 cm³/mol. The van der Waals surface area contributed by atoms with E-state index in [2.05, 4.69) is 39.2 Å². The molecular weight excluding hydrogens is 348 g/mol. The maximum absolute atomic E-state index is 12.5. The van der Waals surface area contributed by atoms with Gasteiger partial charge in [0.05, 0.1) is 11.9 Å². The molecule has 1 N–H and O–H groups in total. The summed E-state index contributed by atoms with van der Waals surface area (Å²) in [6.45, 7) is 6.70. The SMILES string of the molecule is CC1CCN(c2ccc(NC(=O)c3ccc(N4CCCCC4)cn3)cc2)CC1. The maximum atomic E-state index is 12.5. The summed E-state index contributed by atoms with van der Waals surface area (Å²) >= 11 is 0. The van der Waals surface area contributed by atoms with Crippen LogP contribution < -0.4 is 15.1 Å². The molecule has 5 nitrogen and oxygen atoms in total. The van der Waals surface area contributed by atoms with Crippen LogP contribution in [0.2, 0.25) is 0 Å². The smallest absolute Gasteiger partial charge is 0.274 e. The highest BCUT2D eigenvalue weighted by Crippen LogP contribution is 2.24. The van der Waals surface area contributed by atoms with Gasteiger partial charge in [0.15, 0.2) is 0 Å². The zero-order chi connectivity index (χ0) is 19.3. The summed E-state index contributed by atoms with van der Waals surface area (Å²) in [4.78, 5) is 21.7. The third-order valence-electron chi connectivity index (χ3n) is 5.98.